The van der Waals surface area contributed by atoms with Crippen molar-refractivity contribution in [3.63, 3.8) is 0 Å². The number of thioether (sulfide) groups is 1. The monoisotopic (exact) mass is 393 g/mol. The molecule has 142 valence electrons. The highest BCUT2D eigenvalue weighted by Gasteiger charge is 2.26. The minimum Gasteiger partial charge on any atom is -0.490 e. The molecular weight excluding hydrogens is 378 g/mol. The van der Waals surface area contributed by atoms with Crippen LogP contribution in [0.15, 0.2) is 22.0 Å². The number of aliphatic imine (C=N–C) groups is 1. The Morgan fingerprint density at radius 2 is 2.07 bits per heavy atom. The molecule has 10 nitrogen and oxygen atoms in total. The summed E-state index contributed by atoms with van der Waals surface area (Å²) in [5, 5.41) is 13.9. The smallest absolute Gasteiger partial charge is 0.316 e. The number of hydrogen-bond acceptors (Lipinski definition) is 8. The molecule has 0 radical (unpaired) electrons. The van der Waals surface area contributed by atoms with E-state index in [2.05, 4.69) is 10.3 Å². The Kier molecular flexibility index (Phi) is 6.29. The van der Waals surface area contributed by atoms with Crippen molar-refractivity contribution in [1.82, 2.24) is 5.32 Å². The molecule has 1 N–H and O–H groups in total. The van der Waals surface area contributed by atoms with Crippen LogP contribution in [0.2, 0.25) is 0 Å². The summed E-state index contributed by atoms with van der Waals surface area (Å²) in [4.78, 5) is 48.8. The third-order valence-corrected chi connectivity index (χ3v) is 3.90. The van der Waals surface area contributed by atoms with Gasteiger partial charge < -0.3 is 14.8 Å². The van der Waals surface area contributed by atoms with E-state index in [9.17, 15) is 24.5 Å². The van der Waals surface area contributed by atoms with Crippen molar-refractivity contribution in [2.24, 2.45) is 4.99 Å². The molecule has 2 amide bonds. The molecule has 0 aliphatic carbocycles. The van der Waals surface area contributed by atoms with Crippen molar-refractivity contribution in [1.29, 1.82) is 0 Å². The van der Waals surface area contributed by atoms with E-state index in [-0.39, 0.29) is 39.6 Å². The van der Waals surface area contributed by atoms with Crippen LogP contribution >= 0.6 is 11.8 Å². The SMILES string of the molecule is CCOc1cc(C=C2SC(NC(C)=O)=NC2=O)cc([N+](=O)[O-])c1OC(C)=O. The first-order valence-electron chi connectivity index (χ1n) is 7.65. The fourth-order valence-corrected chi connectivity index (χ4v) is 2.96. The quantitative estimate of drug-likeness (QED) is 0.264. The standard InChI is InChI=1S/C16H15N3O7S/c1-4-25-12-6-10(5-11(19(23)24)14(12)26-9(3)21)7-13-15(22)18-16(27-13)17-8(2)20/h5-7H,4H2,1-3H3,(H,17,18,20,22). The van der Waals surface area contributed by atoms with Crippen LogP contribution in [0.4, 0.5) is 5.69 Å². The molecular formula is C16H15N3O7S. The van der Waals surface area contributed by atoms with E-state index in [4.69, 9.17) is 9.47 Å². The van der Waals surface area contributed by atoms with Gasteiger partial charge in [-0.1, -0.05) is 0 Å². The van der Waals surface area contributed by atoms with E-state index in [0.717, 1.165) is 24.8 Å². The molecule has 0 saturated heterocycles. The number of esters is 1. The zero-order valence-electron chi connectivity index (χ0n) is 14.6. The first-order valence-corrected chi connectivity index (χ1v) is 8.46. The van der Waals surface area contributed by atoms with Gasteiger partial charge in [-0.25, -0.2) is 0 Å². The molecule has 11 heteroatoms. The van der Waals surface area contributed by atoms with Crippen LogP contribution in [0.3, 0.4) is 0 Å². The minimum atomic E-state index is -0.736. The number of nitro benzene ring substituents is 1. The fraction of sp³-hybridized carbons (Fsp3) is 0.250. The number of nitro groups is 1. The average molecular weight is 393 g/mol. The van der Waals surface area contributed by atoms with Gasteiger partial charge >= 0.3 is 11.7 Å². The molecule has 0 atom stereocenters. The largest absolute Gasteiger partial charge is 0.490 e. The van der Waals surface area contributed by atoms with Gasteiger partial charge in [-0.2, -0.15) is 4.99 Å². The maximum absolute atomic E-state index is 12.0. The lowest BCUT2D eigenvalue weighted by molar-refractivity contribution is -0.385. The van der Waals surface area contributed by atoms with E-state index in [0.29, 0.717) is 0 Å². The number of carbonyl (C=O) groups excluding carboxylic acids is 3. The molecule has 1 aliphatic rings. The molecule has 1 aliphatic heterocycles. The van der Waals surface area contributed by atoms with Gasteiger partial charge in [0.2, 0.25) is 11.7 Å². The number of amides is 2. The normalized spacial score (nSPS) is 14.7. The van der Waals surface area contributed by atoms with Gasteiger partial charge in [-0.05, 0) is 36.4 Å². The molecule has 0 saturated carbocycles. The molecule has 0 aromatic heterocycles. The van der Waals surface area contributed by atoms with Gasteiger partial charge in [0.1, 0.15) is 0 Å². The number of benzene rings is 1. The maximum atomic E-state index is 12.0. The van der Waals surface area contributed by atoms with Crippen LogP contribution in [-0.4, -0.2) is 34.5 Å². The summed E-state index contributed by atoms with van der Waals surface area (Å²) < 4.78 is 10.3. The minimum absolute atomic E-state index is 0.00722. The van der Waals surface area contributed by atoms with E-state index < -0.39 is 22.5 Å². The summed E-state index contributed by atoms with van der Waals surface area (Å²) >= 11 is 0.924. The lowest BCUT2D eigenvalue weighted by Gasteiger charge is -2.11. The Hall–Kier alpha value is -3.21. The van der Waals surface area contributed by atoms with Crippen molar-refractivity contribution >= 4 is 46.5 Å². The van der Waals surface area contributed by atoms with Gasteiger partial charge in [0.25, 0.3) is 5.91 Å². The number of hydrogen-bond donors (Lipinski definition) is 1. The van der Waals surface area contributed by atoms with E-state index in [1.165, 1.54) is 19.1 Å². The molecule has 1 aromatic carbocycles. The Morgan fingerprint density at radius 3 is 2.63 bits per heavy atom. The Balaban J connectivity index is 2.46. The van der Waals surface area contributed by atoms with E-state index in [1.807, 2.05) is 0 Å². The number of ether oxygens (including phenoxy) is 2. The van der Waals surface area contributed by atoms with Crippen molar-refractivity contribution < 1.29 is 28.8 Å². The second kappa shape index (κ2) is 8.45. The molecule has 0 fully saturated rings. The number of rotatable bonds is 5. The van der Waals surface area contributed by atoms with Crippen molar-refractivity contribution in [3.8, 4) is 11.5 Å². The summed E-state index contributed by atoms with van der Waals surface area (Å²) in [6.45, 7) is 4.23. The number of nitrogens with zero attached hydrogens (tertiary/aromatic N) is 2. The highest BCUT2D eigenvalue weighted by molar-refractivity contribution is 8.18. The van der Waals surface area contributed by atoms with Gasteiger partial charge in [0, 0.05) is 19.9 Å². The van der Waals surface area contributed by atoms with Gasteiger partial charge in [-0.15, -0.1) is 0 Å². The van der Waals surface area contributed by atoms with Crippen LogP contribution < -0.4 is 14.8 Å². The van der Waals surface area contributed by atoms with E-state index >= 15 is 0 Å². The highest BCUT2D eigenvalue weighted by atomic mass is 32.2. The van der Waals surface area contributed by atoms with Crippen LogP contribution in [0.25, 0.3) is 6.08 Å². The summed E-state index contributed by atoms with van der Waals surface area (Å²) in [6, 6.07) is 2.56. The van der Waals surface area contributed by atoms with Crippen LogP contribution in [-0.2, 0) is 14.4 Å². The molecule has 0 spiro atoms. The first kappa shape index (κ1) is 20.1. The highest BCUT2D eigenvalue weighted by Crippen LogP contribution is 2.40. The summed E-state index contributed by atoms with van der Waals surface area (Å²) in [6.07, 6.45) is 1.37. The van der Waals surface area contributed by atoms with Gasteiger partial charge in [0.15, 0.2) is 10.9 Å². The number of amidine groups is 1. The molecule has 27 heavy (non-hydrogen) atoms. The van der Waals surface area contributed by atoms with Crippen molar-refractivity contribution in [2.75, 3.05) is 6.61 Å². The maximum Gasteiger partial charge on any atom is 0.316 e. The van der Waals surface area contributed by atoms with Gasteiger partial charge in [-0.3, -0.25) is 24.5 Å². The average Bonchev–Trinajstić information content (AvgIpc) is 2.87. The Morgan fingerprint density at radius 1 is 1.37 bits per heavy atom. The van der Waals surface area contributed by atoms with Crippen molar-refractivity contribution in [3.05, 3.63) is 32.7 Å². The lowest BCUT2D eigenvalue weighted by atomic mass is 10.1. The summed E-state index contributed by atoms with van der Waals surface area (Å²) in [5.74, 6) is -2.02. The third-order valence-electron chi connectivity index (χ3n) is 3.00. The van der Waals surface area contributed by atoms with Crippen LogP contribution in [0.1, 0.15) is 26.3 Å². The molecule has 0 unspecified atom stereocenters. The summed E-state index contributed by atoms with van der Waals surface area (Å²) in [5.41, 5.74) is -0.211. The van der Waals surface area contributed by atoms with E-state index in [1.54, 1.807) is 6.92 Å². The Bertz CT molecular complexity index is 892. The molecule has 1 aromatic rings. The van der Waals surface area contributed by atoms with Crippen LogP contribution in [0, 0.1) is 10.1 Å². The molecule has 1 heterocycles. The first-order chi connectivity index (χ1) is 12.7. The molecule has 2 rings (SSSR count). The second-order valence-corrected chi connectivity index (χ2v) is 6.20. The third kappa shape index (κ3) is 5.14. The second-order valence-electron chi connectivity index (χ2n) is 5.17. The number of carbonyl (C=O) groups is 3. The van der Waals surface area contributed by atoms with Crippen LogP contribution in [0.5, 0.6) is 11.5 Å². The molecule has 0 bridgehead atoms. The fourth-order valence-electron chi connectivity index (χ4n) is 2.10. The predicted molar refractivity (Wildman–Crippen MR) is 97.4 cm³/mol. The number of nitrogens with one attached hydrogen (secondary N) is 1. The van der Waals surface area contributed by atoms with Crippen molar-refractivity contribution in [2.45, 2.75) is 20.8 Å². The lowest BCUT2D eigenvalue weighted by Crippen LogP contribution is -2.23. The predicted octanol–water partition coefficient (Wildman–Crippen LogP) is 2.03. The van der Waals surface area contributed by atoms with Gasteiger partial charge in [0.05, 0.1) is 16.4 Å². The zero-order chi connectivity index (χ0) is 20.1. The zero-order valence-corrected chi connectivity index (χ0v) is 15.4. The summed E-state index contributed by atoms with van der Waals surface area (Å²) in [7, 11) is 0. The Labute approximate surface area is 157 Å². The topological polar surface area (TPSA) is 137 Å².